The molecule has 0 saturated heterocycles. The summed E-state index contributed by atoms with van der Waals surface area (Å²) >= 11 is 0. The summed E-state index contributed by atoms with van der Waals surface area (Å²) in [5, 5.41) is 0. The zero-order chi connectivity index (χ0) is 18.4. The lowest BCUT2D eigenvalue weighted by Crippen LogP contribution is -2.35. The number of carbonyl (C=O) groups is 1. The summed E-state index contributed by atoms with van der Waals surface area (Å²) in [6.07, 6.45) is 5.68. The van der Waals surface area contributed by atoms with Crippen LogP contribution in [0.2, 0.25) is 0 Å². The highest BCUT2D eigenvalue weighted by Crippen LogP contribution is 2.55. The lowest BCUT2D eigenvalue weighted by molar-refractivity contribution is -0.120. The molecule has 5 rings (SSSR count). The quantitative estimate of drug-likeness (QED) is 0.717. The Balaban J connectivity index is 1.34. The van der Waals surface area contributed by atoms with E-state index in [0.717, 1.165) is 18.6 Å². The maximum absolute atomic E-state index is 12.3. The van der Waals surface area contributed by atoms with Gasteiger partial charge in [0.25, 0.3) is 0 Å². The van der Waals surface area contributed by atoms with Crippen LogP contribution in [0.3, 0.4) is 0 Å². The van der Waals surface area contributed by atoms with E-state index in [1.165, 1.54) is 36.0 Å². The maximum atomic E-state index is 12.3. The highest BCUT2D eigenvalue weighted by Gasteiger charge is 2.49. The molecule has 0 N–H and O–H groups in total. The molecule has 0 unspecified atom stereocenters. The van der Waals surface area contributed by atoms with Gasteiger partial charge in [0.1, 0.15) is 18.1 Å². The van der Waals surface area contributed by atoms with Crippen molar-refractivity contribution in [1.29, 1.82) is 0 Å². The van der Waals surface area contributed by atoms with Crippen molar-refractivity contribution in [2.45, 2.75) is 51.6 Å². The third-order valence-corrected chi connectivity index (χ3v) is 7.52. The van der Waals surface area contributed by atoms with E-state index in [2.05, 4.69) is 49.4 Å². The molecule has 2 heteroatoms. The molecule has 0 aromatic heterocycles. The third-order valence-electron chi connectivity index (χ3n) is 7.52. The molecule has 0 heterocycles. The monoisotopic (exact) mass is 360 g/mol. The van der Waals surface area contributed by atoms with Crippen LogP contribution in [-0.2, 0) is 17.8 Å². The summed E-state index contributed by atoms with van der Waals surface area (Å²) in [6, 6.07) is 17.1. The molecule has 2 nitrogen and oxygen atoms in total. The zero-order valence-electron chi connectivity index (χ0n) is 16.1. The number of hydrogen-bond donors (Lipinski definition) is 0. The van der Waals surface area contributed by atoms with Crippen molar-refractivity contribution in [2.75, 3.05) is 0 Å². The lowest BCUT2D eigenvalue weighted by atomic mass is 9.60. The average Bonchev–Trinajstić information content (AvgIpc) is 3.01. The third kappa shape index (κ3) is 2.99. The molecular formula is C25H28O2. The van der Waals surface area contributed by atoms with Crippen LogP contribution in [0.15, 0.2) is 48.5 Å². The van der Waals surface area contributed by atoms with E-state index in [1.54, 1.807) is 0 Å². The second-order valence-electron chi connectivity index (χ2n) is 8.81. The Morgan fingerprint density at radius 3 is 2.67 bits per heavy atom. The van der Waals surface area contributed by atoms with Crippen LogP contribution < -0.4 is 4.74 Å². The Bertz CT molecular complexity index is 841. The molecule has 0 aliphatic heterocycles. The summed E-state index contributed by atoms with van der Waals surface area (Å²) in [7, 11) is 0. The first kappa shape index (κ1) is 17.0. The van der Waals surface area contributed by atoms with E-state index >= 15 is 0 Å². The van der Waals surface area contributed by atoms with Crippen molar-refractivity contribution < 1.29 is 9.53 Å². The Hall–Kier alpha value is -2.09. The summed E-state index contributed by atoms with van der Waals surface area (Å²) in [5.74, 6) is 4.43. The first-order valence-electron chi connectivity index (χ1n) is 10.5. The van der Waals surface area contributed by atoms with Gasteiger partial charge in [-0.05, 0) is 78.2 Å². The molecule has 3 aliphatic rings. The number of aryl methyl sites for hydroxylation is 1. The predicted molar refractivity (Wildman–Crippen MR) is 107 cm³/mol. The molecule has 0 radical (unpaired) electrons. The predicted octanol–water partition coefficient (Wildman–Crippen LogP) is 5.55. The molecule has 5 atom stereocenters. The summed E-state index contributed by atoms with van der Waals surface area (Å²) in [4.78, 5) is 12.3. The number of Topliss-reactive ketones (excluding diaryl/α,β-unsaturated/α-hetero) is 1. The van der Waals surface area contributed by atoms with Gasteiger partial charge in [-0.25, -0.2) is 0 Å². The van der Waals surface area contributed by atoms with E-state index in [-0.39, 0.29) is 0 Å². The fourth-order valence-corrected chi connectivity index (χ4v) is 6.11. The van der Waals surface area contributed by atoms with Gasteiger partial charge in [-0.3, -0.25) is 4.79 Å². The van der Waals surface area contributed by atoms with Crippen LogP contribution >= 0.6 is 0 Å². The lowest BCUT2D eigenvalue weighted by Gasteiger charge is -2.44. The van der Waals surface area contributed by atoms with Crippen LogP contribution in [-0.4, -0.2) is 5.78 Å². The van der Waals surface area contributed by atoms with Gasteiger partial charge in [0.15, 0.2) is 0 Å². The molecule has 27 heavy (non-hydrogen) atoms. The Morgan fingerprint density at radius 1 is 0.963 bits per heavy atom. The van der Waals surface area contributed by atoms with Crippen LogP contribution in [0.4, 0.5) is 0 Å². The minimum Gasteiger partial charge on any atom is -0.489 e. The zero-order valence-corrected chi connectivity index (χ0v) is 16.1. The normalized spacial score (nSPS) is 31.7. The van der Waals surface area contributed by atoms with Crippen molar-refractivity contribution >= 4 is 5.78 Å². The van der Waals surface area contributed by atoms with Crippen molar-refractivity contribution in [3.05, 3.63) is 65.2 Å². The highest BCUT2D eigenvalue weighted by molar-refractivity contribution is 5.83. The number of carbonyl (C=O) groups excluding carboxylic acids is 1. The van der Waals surface area contributed by atoms with Gasteiger partial charge in [0.2, 0.25) is 0 Å². The van der Waals surface area contributed by atoms with Crippen LogP contribution in [0, 0.1) is 23.7 Å². The Labute approximate surface area is 161 Å². The molecule has 0 bridgehead atoms. The van der Waals surface area contributed by atoms with Crippen LogP contribution in [0.5, 0.6) is 5.75 Å². The Kier molecular flexibility index (Phi) is 4.30. The van der Waals surface area contributed by atoms with Gasteiger partial charge in [-0.15, -0.1) is 0 Å². The standard InChI is InChI=1S/C25H28O2/c1-16-20-11-12-22-21-10-8-19(27-15-17-5-3-2-4-6-17)13-18(21)7-9-23(22)24(20)14-25(16)26/h2-6,8,10,13,16,20,22-24H,7,9,11-12,14-15H2,1H3/t16-,20-,22+,23+,24+/m0/s1. The number of hydrogen-bond acceptors (Lipinski definition) is 2. The maximum Gasteiger partial charge on any atom is 0.136 e. The van der Waals surface area contributed by atoms with E-state index in [4.69, 9.17) is 4.74 Å². The van der Waals surface area contributed by atoms with E-state index in [0.29, 0.717) is 42.0 Å². The fourth-order valence-electron chi connectivity index (χ4n) is 6.11. The van der Waals surface area contributed by atoms with E-state index in [1.807, 2.05) is 6.07 Å². The Morgan fingerprint density at radius 2 is 1.81 bits per heavy atom. The van der Waals surface area contributed by atoms with Gasteiger partial charge >= 0.3 is 0 Å². The topological polar surface area (TPSA) is 26.3 Å². The largest absolute Gasteiger partial charge is 0.489 e. The van der Waals surface area contributed by atoms with E-state index in [9.17, 15) is 4.79 Å². The number of fused-ring (bicyclic) bond motifs is 5. The number of ketones is 1. The van der Waals surface area contributed by atoms with E-state index < -0.39 is 0 Å². The minimum absolute atomic E-state index is 0.297. The fraction of sp³-hybridized carbons (Fsp3) is 0.480. The van der Waals surface area contributed by atoms with Crippen molar-refractivity contribution in [3.8, 4) is 5.75 Å². The minimum atomic E-state index is 0.297. The van der Waals surface area contributed by atoms with Gasteiger partial charge in [0.05, 0.1) is 0 Å². The van der Waals surface area contributed by atoms with Gasteiger partial charge in [0, 0.05) is 12.3 Å². The molecule has 0 amide bonds. The molecule has 3 aliphatic carbocycles. The molecule has 2 aromatic rings. The second kappa shape index (κ2) is 6.82. The van der Waals surface area contributed by atoms with Crippen molar-refractivity contribution in [3.63, 3.8) is 0 Å². The second-order valence-corrected chi connectivity index (χ2v) is 8.81. The van der Waals surface area contributed by atoms with Crippen molar-refractivity contribution in [2.24, 2.45) is 23.7 Å². The van der Waals surface area contributed by atoms with Gasteiger partial charge in [-0.1, -0.05) is 43.3 Å². The molecule has 2 saturated carbocycles. The van der Waals surface area contributed by atoms with Gasteiger partial charge in [-0.2, -0.15) is 0 Å². The molecule has 2 fully saturated rings. The summed E-state index contributed by atoms with van der Waals surface area (Å²) in [5.41, 5.74) is 4.20. The molecular weight excluding hydrogens is 332 g/mol. The smallest absolute Gasteiger partial charge is 0.136 e. The number of rotatable bonds is 3. The summed E-state index contributed by atoms with van der Waals surface area (Å²) < 4.78 is 6.05. The van der Waals surface area contributed by atoms with Gasteiger partial charge < -0.3 is 4.74 Å². The average molecular weight is 360 g/mol. The summed E-state index contributed by atoms with van der Waals surface area (Å²) in [6.45, 7) is 2.79. The SMILES string of the molecule is C[C@@H]1C(=O)C[C@@H]2[C@H]1CC[C@@H]1c3ccc(OCc4ccccc4)cc3CC[C@@H]21. The first-order chi connectivity index (χ1) is 13.2. The number of benzene rings is 2. The van der Waals surface area contributed by atoms with Crippen molar-refractivity contribution in [1.82, 2.24) is 0 Å². The molecule has 0 spiro atoms. The first-order valence-corrected chi connectivity index (χ1v) is 10.5. The van der Waals surface area contributed by atoms with Crippen LogP contribution in [0.25, 0.3) is 0 Å². The number of ether oxygens (including phenoxy) is 1. The highest BCUT2D eigenvalue weighted by atomic mass is 16.5. The molecule has 140 valence electrons. The van der Waals surface area contributed by atoms with Crippen LogP contribution in [0.1, 0.15) is 55.2 Å². The molecule has 2 aromatic carbocycles.